The maximum absolute atomic E-state index is 12.5. The van der Waals surface area contributed by atoms with Gasteiger partial charge in [0.15, 0.2) is 6.61 Å². The van der Waals surface area contributed by atoms with E-state index in [0.29, 0.717) is 31.1 Å². The molecule has 0 aromatic heterocycles. The summed E-state index contributed by atoms with van der Waals surface area (Å²) in [6.45, 7) is 5.15. The number of carbonyl (C=O) groups is 2. The average Bonchev–Trinajstić information content (AvgIpc) is 3.10. The van der Waals surface area contributed by atoms with Crippen LogP contribution in [-0.2, 0) is 22.6 Å². The predicted octanol–water partition coefficient (Wildman–Crippen LogP) is 2.84. The molecule has 7 nitrogen and oxygen atoms in total. The van der Waals surface area contributed by atoms with E-state index in [2.05, 4.69) is 5.32 Å². The van der Waals surface area contributed by atoms with Gasteiger partial charge >= 0.3 is 0 Å². The molecule has 0 saturated carbocycles. The van der Waals surface area contributed by atoms with Crippen molar-refractivity contribution in [3.8, 4) is 17.2 Å². The molecule has 0 unspecified atom stereocenters. The third-order valence-electron chi connectivity index (χ3n) is 5.23. The van der Waals surface area contributed by atoms with Crippen molar-refractivity contribution in [1.29, 1.82) is 0 Å². The van der Waals surface area contributed by atoms with Crippen LogP contribution >= 0.6 is 0 Å². The van der Waals surface area contributed by atoms with Crippen molar-refractivity contribution in [2.24, 2.45) is 0 Å². The van der Waals surface area contributed by atoms with Gasteiger partial charge < -0.3 is 24.4 Å². The summed E-state index contributed by atoms with van der Waals surface area (Å²) >= 11 is 0. The predicted molar refractivity (Wildman–Crippen MR) is 112 cm³/mol. The molecule has 0 radical (unpaired) electrons. The number of nitrogens with zero attached hydrogens (tertiary/aromatic N) is 1. The Morgan fingerprint density at radius 2 is 2.10 bits per heavy atom. The maximum Gasteiger partial charge on any atom is 0.265 e. The number of ether oxygens (including phenoxy) is 3. The molecule has 2 heterocycles. The van der Waals surface area contributed by atoms with E-state index in [1.165, 1.54) is 0 Å². The number of carbonyl (C=O) groups excluding carboxylic acids is 2. The Labute approximate surface area is 175 Å². The molecular weight excluding hydrogens is 384 g/mol. The number of nitrogens with one attached hydrogen (secondary N) is 1. The van der Waals surface area contributed by atoms with Crippen LogP contribution in [0.4, 0.5) is 5.69 Å². The zero-order chi connectivity index (χ0) is 21.1. The molecule has 0 aliphatic carbocycles. The van der Waals surface area contributed by atoms with Crippen LogP contribution in [0.2, 0.25) is 0 Å². The van der Waals surface area contributed by atoms with E-state index >= 15 is 0 Å². The molecule has 0 fully saturated rings. The van der Waals surface area contributed by atoms with Crippen LogP contribution in [0.5, 0.6) is 17.2 Å². The molecule has 2 aliphatic heterocycles. The lowest BCUT2D eigenvalue weighted by atomic mass is 10.1. The summed E-state index contributed by atoms with van der Waals surface area (Å²) in [5.41, 5.74) is 2.71. The Morgan fingerprint density at radius 3 is 2.93 bits per heavy atom. The molecule has 0 spiro atoms. The molecule has 0 bridgehead atoms. The first-order valence-electron chi connectivity index (χ1n) is 10.3. The van der Waals surface area contributed by atoms with Crippen LogP contribution in [0.1, 0.15) is 31.4 Å². The van der Waals surface area contributed by atoms with Crippen LogP contribution in [0.3, 0.4) is 0 Å². The smallest absolute Gasteiger partial charge is 0.265 e. The van der Waals surface area contributed by atoms with Crippen molar-refractivity contribution in [2.45, 2.75) is 39.3 Å². The Balaban J connectivity index is 1.38. The van der Waals surface area contributed by atoms with E-state index in [1.54, 1.807) is 4.90 Å². The number of hydrogen-bond acceptors (Lipinski definition) is 5. The second-order valence-corrected chi connectivity index (χ2v) is 7.46. The number of amides is 2. The summed E-state index contributed by atoms with van der Waals surface area (Å²) in [7, 11) is 0. The third-order valence-corrected chi connectivity index (χ3v) is 5.23. The summed E-state index contributed by atoms with van der Waals surface area (Å²) in [5.74, 6) is 2.00. The standard InChI is InChI=1S/C23H26N2O5/c1-3-28-20-11-16-10-15(2)30-21(16)12-17(20)13-24-22(26)8-9-25-18-6-4-5-7-19(18)29-14-23(25)27/h4-7,11-12,15H,3,8-10,13-14H2,1-2H3,(H,24,26)/t15-/m0/s1. The quantitative estimate of drug-likeness (QED) is 0.760. The van der Waals surface area contributed by atoms with Gasteiger partial charge in [0, 0.05) is 37.1 Å². The van der Waals surface area contributed by atoms with Crippen LogP contribution in [0.25, 0.3) is 0 Å². The zero-order valence-corrected chi connectivity index (χ0v) is 17.3. The molecule has 0 saturated heterocycles. The highest BCUT2D eigenvalue weighted by Crippen LogP contribution is 2.35. The first-order valence-corrected chi connectivity index (χ1v) is 10.3. The number of rotatable bonds is 7. The molecule has 4 rings (SSSR count). The summed E-state index contributed by atoms with van der Waals surface area (Å²) < 4.78 is 17.0. The molecule has 7 heteroatoms. The summed E-state index contributed by atoms with van der Waals surface area (Å²) in [6, 6.07) is 11.3. The number of hydrogen-bond donors (Lipinski definition) is 1. The van der Waals surface area contributed by atoms with Gasteiger partial charge in [0.05, 0.1) is 12.3 Å². The number of fused-ring (bicyclic) bond motifs is 2. The minimum absolute atomic E-state index is 0.0100. The van der Waals surface area contributed by atoms with E-state index in [-0.39, 0.29) is 30.9 Å². The Hall–Kier alpha value is -3.22. The second kappa shape index (κ2) is 8.65. The first-order chi connectivity index (χ1) is 14.5. The van der Waals surface area contributed by atoms with Crippen molar-refractivity contribution < 1.29 is 23.8 Å². The molecule has 1 atom stereocenters. The Kier molecular flexibility index (Phi) is 5.79. The lowest BCUT2D eigenvalue weighted by Gasteiger charge is -2.29. The topological polar surface area (TPSA) is 77.1 Å². The lowest BCUT2D eigenvalue weighted by molar-refractivity contribution is -0.122. The fraction of sp³-hybridized carbons (Fsp3) is 0.391. The zero-order valence-electron chi connectivity index (χ0n) is 17.3. The summed E-state index contributed by atoms with van der Waals surface area (Å²) in [6.07, 6.45) is 1.20. The van der Waals surface area contributed by atoms with Gasteiger partial charge in [-0.15, -0.1) is 0 Å². The Bertz CT molecular complexity index is 959. The Morgan fingerprint density at radius 1 is 1.27 bits per heavy atom. The fourth-order valence-electron chi connectivity index (χ4n) is 3.80. The fourth-order valence-corrected chi connectivity index (χ4v) is 3.80. The number of benzene rings is 2. The van der Waals surface area contributed by atoms with Gasteiger partial charge in [-0.25, -0.2) is 0 Å². The van der Waals surface area contributed by atoms with E-state index in [9.17, 15) is 9.59 Å². The minimum atomic E-state index is -0.148. The molecule has 2 aromatic carbocycles. The van der Waals surface area contributed by atoms with Crippen molar-refractivity contribution in [3.63, 3.8) is 0 Å². The van der Waals surface area contributed by atoms with Crippen molar-refractivity contribution in [1.82, 2.24) is 5.32 Å². The molecule has 2 amide bonds. The minimum Gasteiger partial charge on any atom is -0.494 e. The van der Waals surface area contributed by atoms with Crippen LogP contribution in [0, 0.1) is 0 Å². The molecular formula is C23H26N2O5. The van der Waals surface area contributed by atoms with Gasteiger partial charge in [0.2, 0.25) is 5.91 Å². The van der Waals surface area contributed by atoms with E-state index < -0.39 is 0 Å². The molecule has 30 heavy (non-hydrogen) atoms. The van der Waals surface area contributed by atoms with Gasteiger partial charge in [-0.3, -0.25) is 9.59 Å². The second-order valence-electron chi connectivity index (χ2n) is 7.46. The average molecular weight is 410 g/mol. The van der Waals surface area contributed by atoms with Crippen LogP contribution in [-0.4, -0.2) is 37.7 Å². The normalized spacial score (nSPS) is 16.9. The van der Waals surface area contributed by atoms with Crippen molar-refractivity contribution in [2.75, 3.05) is 24.7 Å². The van der Waals surface area contributed by atoms with Crippen LogP contribution in [0.15, 0.2) is 36.4 Å². The highest BCUT2D eigenvalue weighted by molar-refractivity contribution is 5.98. The number of anilines is 1. The molecule has 2 aromatic rings. The van der Waals surface area contributed by atoms with Crippen molar-refractivity contribution in [3.05, 3.63) is 47.5 Å². The number of para-hydroxylation sites is 2. The van der Waals surface area contributed by atoms with Crippen molar-refractivity contribution >= 4 is 17.5 Å². The van der Waals surface area contributed by atoms with Gasteiger partial charge in [0.25, 0.3) is 5.91 Å². The monoisotopic (exact) mass is 410 g/mol. The first kappa shape index (κ1) is 20.1. The van der Waals surface area contributed by atoms with E-state index in [4.69, 9.17) is 14.2 Å². The summed E-state index contributed by atoms with van der Waals surface area (Å²) in [5, 5.41) is 2.93. The van der Waals surface area contributed by atoms with Gasteiger partial charge in [-0.05, 0) is 38.1 Å². The molecule has 2 aliphatic rings. The molecule has 1 N–H and O–H groups in total. The highest BCUT2D eigenvalue weighted by Gasteiger charge is 2.26. The maximum atomic E-state index is 12.5. The van der Waals surface area contributed by atoms with Gasteiger partial charge in [-0.1, -0.05) is 12.1 Å². The van der Waals surface area contributed by atoms with E-state index in [1.807, 2.05) is 50.2 Å². The third kappa shape index (κ3) is 4.20. The highest BCUT2D eigenvalue weighted by atomic mass is 16.5. The largest absolute Gasteiger partial charge is 0.494 e. The lowest BCUT2D eigenvalue weighted by Crippen LogP contribution is -2.41. The molecule has 158 valence electrons. The summed E-state index contributed by atoms with van der Waals surface area (Å²) in [4.78, 5) is 26.3. The van der Waals surface area contributed by atoms with Gasteiger partial charge in [0.1, 0.15) is 23.4 Å². The van der Waals surface area contributed by atoms with E-state index in [0.717, 1.165) is 29.0 Å². The van der Waals surface area contributed by atoms with Gasteiger partial charge in [-0.2, -0.15) is 0 Å². The SMILES string of the molecule is CCOc1cc2c(cc1CNC(=O)CCN1C(=O)COc3ccccc31)O[C@@H](C)C2. The van der Waals surface area contributed by atoms with Crippen LogP contribution < -0.4 is 24.4 Å².